The molecule has 0 saturated heterocycles. The number of rotatable bonds is 4. The van der Waals surface area contributed by atoms with Gasteiger partial charge in [0, 0.05) is 12.6 Å². The molecule has 0 radical (unpaired) electrons. The van der Waals surface area contributed by atoms with Gasteiger partial charge in [-0.05, 0) is 37.5 Å². The third-order valence-electron chi connectivity index (χ3n) is 3.80. The van der Waals surface area contributed by atoms with E-state index in [0.717, 1.165) is 0 Å². The van der Waals surface area contributed by atoms with Gasteiger partial charge in [0.2, 0.25) is 0 Å². The molecule has 1 amide bonds. The number of likely N-dealkylation sites (N-methyl/N-ethyl adjacent to an activating group) is 1. The van der Waals surface area contributed by atoms with E-state index in [1.54, 1.807) is 30.0 Å². The quantitative estimate of drug-likeness (QED) is 0.888. The van der Waals surface area contributed by atoms with E-state index < -0.39 is 12.2 Å². The Bertz CT molecular complexity index is 528. The number of benzene rings is 1. The Hall–Kier alpha value is -1.59. The van der Waals surface area contributed by atoms with E-state index in [2.05, 4.69) is 0 Å². The average Bonchev–Trinajstić information content (AvgIpc) is 2.44. The third kappa shape index (κ3) is 2.89. The minimum absolute atomic E-state index is 0.0348. The van der Waals surface area contributed by atoms with Gasteiger partial charge in [-0.3, -0.25) is 4.79 Å². The van der Waals surface area contributed by atoms with Crippen molar-refractivity contribution < 1.29 is 14.6 Å². The number of anilines is 1. The number of fused-ring (bicyclic) bond motifs is 1. The molecule has 3 atom stereocenters. The van der Waals surface area contributed by atoms with Crippen LogP contribution in [0, 0.1) is 5.92 Å². The zero-order chi connectivity index (χ0) is 15.7. The van der Waals surface area contributed by atoms with Gasteiger partial charge in [0.1, 0.15) is 5.75 Å². The summed E-state index contributed by atoms with van der Waals surface area (Å²) in [7, 11) is 0. The van der Waals surface area contributed by atoms with Crippen LogP contribution in [0.25, 0.3) is 0 Å². The molecule has 0 aromatic heterocycles. The molecule has 1 aromatic rings. The van der Waals surface area contributed by atoms with Gasteiger partial charge in [0.25, 0.3) is 5.91 Å². The first-order valence-corrected chi connectivity index (χ1v) is 7.42. The van der Waals surface area contributed by atoms with E-state index in [4.69, 9.17) is 10.5 Å². The second kappa shape index (κ2) is 6.03. The van der Waals surface area contributed by atoms with E-state index in [1.165, 1.54) is 0 Å². The van der Waals surface area contributed by atoms with Crippen LogP contribution in [0.5, 0.6) is 5.75 Å². The Morgan fingerprint density at radius 1 is 1.38 bits per heavy atom. The van der Waals surface area contributed by atoms with Crippen molar-refractivity contribution in [3.8, 4) is 5.75 Å². The van der Waals surface area contributed by atoms with Crippen LogP contribution >= 0.6 is 0 Å². The summed E-state index contributed by atoms with van der Waals surface area (Å²) in [6.07, 6.45) is -1.21. The molecule has 1 heterocycles. The van der Waals surface area contributed by atoms with Crippen molar-refractivity contribution in [2.75, 3.05) is 11.4 Å². The Morgan fingerprint density at radius 3 is 2.57 bits per heavy atom. The fourth-order valence-electron chi connectivity index (χ4n) is 2.54. The molecule has 0 bridgehead atoms. The van der Waals surface area contributed by atoms with Crippen molar-refractivity contribution in [2.45, 2.75) is 45.9 Å². The number of ether oxygens (including phenoxy) is 1. The molecule has 0 fully saturated rings. The fraction of sp³-hybridized carbons (Fsp3) is 0.562. The Kier molecular flexibility index (Phi) is 4.54. The van der Waals surface area contributed by atoms with Gasteiger partial charge in [-0.25, -0.2) is 0 Å². The fourth-order valence-corrected chi connectivity index (χ4v) is 2.54. The third-order valence-corrected chi connectivity index (χ3v) is 3.80. The number of amides is 1. The van der Waals surface area contributed by atoms with Crippen molar-refractivity contribution in [1.29, 1.82) is 0 Å². The summed E-state index contributed by atoms with van der Waals surface area (Å²) in [5.41, 5.74) is 7.14. The molecule has 3 unspecified atom stereocenters. The highest BCUT2D eigenvalue weighted by Gasteiger charge is 2.35. The largest absolute Gasteiger partial charge is 0.478 e. The van der Waals surface area contributed by atoms with Gasteiger partial charge in [-0.2, -0.15) is 0 Å². The second-order valence-corrected chi connectivity index (χ2v) is 5.90. The Morgan fingerprint density at radius 2 is 2.05 bits per heavy atom. The van der Waals surface area contributed by atoms with E-state index >= 15 is 0 Å². The van der Waals surface area contributed by atoms with E-state index in [0.29, 0.717) is 23.5 Å². The number of aliphatic hydroxyl groups excluding tert-OH is 1. The minimum Gasteiger partial charge on any atom is -0.478 e. The van der Waals surface area contributed by atoms with Gasteiger partial charge in [0.05, 0.1) is 11.8 Å². The van der Waals surface area contributed by atoms with Crippen molar-refractivity contribution in [1.82, 2.24) is 0 Å². The van der Waals surface area contributed by atoms with Crippen LogP contribution in [0.15, 0.2) is 18.2 Å². The molecular formula is C16H24N2O3. The number of nitrogens with two attached hydrogens (primary N) is 1. The SMILES string of the molecule is CCN1C(=O)C(C(C)C)Oc2ccc(C(O)C(C)N)cc21. The maximum atomic E-state index is 12.5. The predicted octanol–water partition coefficient (Wildman–Crippen LogP) is 1.84. The number of aliphatic hydroxyl groups is 1. The van der Waals surface area contributed by atoms with Crippen molar-refractivity contribution in [3.05, 3.63) is 23.8 Å². The molecule has 0 saturated carbocycles. The lowest BCUT2D eigenvalue weighted by molar-refractivity contribution is -0.128. The first kappa shape index (κ1) is 15.8. The molecule has 116 valence electrons. The Balaban J connectivity index is 2.43. The van der Waals surface area contributed by atoms with Gasteiger partial charge in [0.15, 0.2) is 6.10 Å². The summed E-state index contributed by atoms with van der Waals surface area (Å²) in [5, 5.41) is 10.1. The number of carbonyl (C=O) groups excluding carboxylic acids is 1. The maximum absolute atomic E-state index is 12.5. The molecule has 2 rings (SSSR count). The van der Waals surface area contributed by atoms with Crippen LogP contribution in [0.1, 0.15) is 39.4 Å². The molecular weight excluding hydrogens is 268 g/mol. The van der Waals surface area contributed by atoms with Crippen LogP contribution in [0.2, 0.25) is 0 Å². The summed E-state index contributed by atoms with van der Waals surface area (Å²) in [6, 6.07) is 5.03. The molecule has 1 aliphatic rings. The maximum Gasteiger partial charge on any atom is 0.268 e. The van der Waals surface area contributed by atoms with Crippen LogP contribution in [-0.2, 0) is 4.79 Å². The highest BCUT2D eigenvalue weighted by molar-refractivity contribution is 6.00. The van der Waals surface area contributed by atoms with Crippen molar-refractivity contribution in [2.24, 2.45) is 11.7 Å². The second-order valence-electron chi connectivity index (χ2n) is 5.90. The number of nitrogens with zero attached hydrogens (tertiary/aromatic N) is 1. The molecule has 0 spiro atoms. The van der Waals surface area contributed by atoms with Crippen LogP contribution in [-0.4, -0.2) is 29.7 Å². The number of hydrogen-bond donors (Lipinski definition) is 2. The first-order chi connectivity index (χ1) is 9.86. The lowest BCUT2D eigenvalue weighted by Crippen LogP contribution is -2.48. The molecule has 3 N–H and O–H groups in total. The summed E-state index contributed by atoms with van der Waals surface area (Å²) in [6.45, 7) is 8.18. The highest BCUT2D eigenvalue weighted by atomic mass is 16.5. The first-order valence-electron chi connectivity index (χ1n) is 7.42. The summed E-state index contributed by atoms with van der Waals surface area (Å²) in [5.74, 6) is 0.747. The zero-order valence-corrected chi connectivity index (χ0v) is 13.0. The zero-order valence-electron chi connectivity index (χ0n) is 13.0. The van der Waals surface area contributed by atoms with Crippen LogP contribution < -0.4 is 15.4 Å². The lowest BCUT2D eigenvalue weighted by Gasteiger charge is -2.36. The summed E-state index contributed by atoms with van der Waals surface area (Å²) < 4.78 is 5.83. The van der Waals surface area contributed by atoms with Gasteiger partial charge in [-0.15, -0.1) is 0 Å². The van der Waals surface area contributed by atoms with Crippen molar-refractivity contribution in [3.63, 3.8) is 0 Å². The minimum atomic E-state index is -0.757. The average molecular weight is 292 g/mol. The standard InChI is InChI=1S/C16H24N2O3/c1-5-18-12-8-11(14(19)10(4)17)6-7-13(12)21-15(9(2)3)16(18)20/h6-10,14-15,19H,5,17H2,1-4H3. The summed E-state index contributed by atoms with van der Waals surface area (Å²) >= 11 is 0. The molecule has 1 aromatic carbocycles. The van der Waals surface area contributed by atoms with Gasteiger partial charge >= 0.3 is 0 Å². The monoisotopic (exact) mass is 292 g/mol. The van der Waals surface area contributed by atoms with Crippen LogP contribution in [0.3, 0.4) is 0 Å². The van der Waals surface area contributed by atoms with Crippen molar-refractivity contribution >= 4 is 11.6 Å². The topological polar surface area (TPSA) is 75.8 Å². The highest BCUT2D eigenvalue weighted by Crippen LogP contribution is 2.37. The molecule has 1 aliphatic heterocycles. The van der Waals surface area contributed by atoms with E-state index in [9.17, 15) is 9.90 Å². The smallest absolute Gasteiger partial charge is 0.268 e. The predicted molar refractivity (Wildman–Crippen MR) is 82.3 cm³/mol. The Labute approximate surface area is 125 Å². The molecule has 5 nitrogen and oxygen atoms in total. The number of hydrogen-bond acceptors (Lipinski definition) is 4. The van der Waals surface area contributed by atoms with Gasteiger partial charge in [-0.1, -0.05) is 19.9 Å². The van der Waals surface area contributed by atoms with Crippen LogP contribution in [0.4, 0.5) is 5.69 Å². The molecule has 0 aliphatic carbocycles. The lowest BCUT2D eigenvalue weighted by atomic mass is 9.99. The molecule has 5 heteroatoms. The summed E-state index contributed by atoms with van der Waals surface area (Å²) in [4.78, 5) is 14.2. The van der Waals surface area contributed by atoms with Gasteiger partial charge < -0.3 is 20.5 Å². The number of carbonyl (C=O) groups is 1. The van der Waals surface area contributed by atoms with E-state index in [-0.39, 0.29) is 17.9 Å². The van der Waals surface area contributed by atoms with E-state index in [1.807, 2.05) is 20.8 Å². The normalized spacial score (nSPS) is 21.0. The molecule has 21 heavy (non-hydrogen) atoms.